The topological polar surface area (TPSA) is 54.5 Å². The van der Waals surface area contributed by atoms with Crippen molar-refractivity contribution in [1.82, 2.24) is 15.2 Å². The van der Waals surface area contributed by atoms with Crippen LogP contribution >= 0.6 is 11.3 Å². The number of methoxy groups -OCH3 is 1. The Bertz CT molecular complexity index is 686. The van der Waals surface area contributed by atoms with Gasteiger partial charge in [-0.2, -0.15) is 0 Å². The Morgan fingerprint density at radius 2 is 2.39 bits per heavy atom. The van der Waals surface area contributed by atoms with Gasteiger partial charge in [0.15, 0.2) is 0 Å². The van der Waals surface area contributed by atoms with Crippen molar-refractivity contribution in [2.24, 2.45) is 0 Å². The fraction of sp³-hybridized carbons (Fsp3) is 0.412. The van der Waals surface area contributed by atoms with E-state index in [9.17, 15) is 4.79 Å². The highest BCUT2D eigenvalue weighted by Gasteiger charge is 2.30. The van der Waals surface area contributed by atoms with Gasteiger partial charge in [0.2, 0.25) is 0 Å². The Balaban J connectivity index is 1.66. The Labute approximate surface area is 140 Å². The van der Waals surface area contributed by atoms with E-state index < -0.39 is 0 Å². The number of ether oxygens (including phenoxy) is 1. The number of carbonyl (C=O) groups excluding carboxylic acids is 1. The van der Waals surface area contributed by atoms with Crippen LogP contribution in [-0.2, 0) is 6.54 Å². The Kier molecular flexibility index (Phi) is 4.81. The second-order valence-electron chi connectivity index (χ2n) is 5.64. The molecule has 6 heteroatoms. The summed E-state index contributed by atoms with van der Waals surface area (Å²) < 4.78 is 5.29. The lowest BCUT2D eigenvalue weighted by Gasteiger charge is -2.25. The van der Waals surface area contributed by atoms with Crippen molar-refractivity contribution in [3.63, 3.8) is 0 Å². The summed E-state index contributed by atoms with van der Waals surface area (Å²) in [6.45, 7) is 3.23. The molecule has 122 valence electrons. The smallest absolute Gasteiger partial charge is 0.318 e. The van der Waals surface area contributed by atoms with Gasteiger partial charge in [-0.1, -0.05) is 12.1 Å². The Morgan fingerprint density at radius 1 is 1.52 bits per heavy atom. The van der Waals surface area contributed by atoms with E-state index in [1.807, 2.05) is 35.4 Å². The molecule has 2 aromatic rings. The van der Waals surface area contributed by atoms with Crippen molar-refractivity contribution in [2.75, 3.05) is 13.7 Å². The summed E-state index contributed by atoms with van der Waals surface area (Å²) in [6.07, 6.45) is 2.00. The molecule has 23 heavy (non-hydrogen) atoms. The summed E-state index contributed by atoms with van der Waals surface area (Å²) in [4.78, 5) is 18.8. The number of carbonyl (C=O) groups is 1. The van der Waals surface area contributed by atoms with Crippen LogP contribution in [0, 0.1) is 6.92 Å². The molecular formula is C17H21N3O2S. The molecule has 1 unspecified atom stereocenters. The summed E-state index contributed by atoms with van der Waals surface area (Å²) in [5, 5.41) is 5.99. The van der Waals surface area contributed by atoms with Crippen molar-refractivity contribution in [1.29, 1.82) is 0 Å². The van der Waals surface area contributed by atoms with Crippen LogP contribution in [0.15, 0.2) is 29.6 Å². The van der Waals surface area contributed by atoms with E-state index in [4.69, 9.17) is 4.74 Å². The molecule has 1 saturated heterocycles. The first-order valence-electron chi connectivity index (χ1n) is 7.77. The largest absolute Gasteiger partial charge is 0.497 e. The number of aryl methyl sites for hydroxylation is 1. The van der Waals surface area contributed by atoms with Gasteiger partial charge in [-0.05, 0) is 37.5 Å². The normalized spacial score (nSPS) is 17.3. The van der Waals surface area contributed by atoms with Crippen LogP contribution in [0.4, 0.5) is 4.79 Å². The van der Waals surface area contributed by atoms with Gasteiger partial charge in [0.1, 0.15) is 5.75 Å². The quantitative estimate of drug-likeness (QED) is 0.933. The van der Waals surface area contributed by atoms with Crippen LogP contribution < -0.4 is 10.1 Å². The zero-order valence-electron chi connectivity index (χ0n) is 13.4. The molecule has 1 aliphatic rings. The Hall–Kier alpha value is -2.08. The van der Waals surface area contributed by atoms with Crippen LogP contribution in [0.1, 0.15) is 35.1 Å². The standard InChI is InChI=1S/C17H21N3O2S/c1-12-19-14(11-23-12)10-18-17(21)20-8-4-7-16(20)13-5-3-6-15(9-13)22-2/h3,5-6,9,11,16H,4,7-8,10H2,1-2H3,(H,18,21). The maximum Gasteiger partial charge on any atom is 0.318 e. The van der Waals surface area contributed by atoms with E-state index in [0.29, 0.717) is 6.54 Å². The number of benzene rings is 1. The highest BCUT2D eigenvalue weighted by Crippen LogP contribution is 2.33. The molecule has 1 N–H and O–H groups in total. The van der Waals surface area contributed by atoms with Crippen LogP contribution in [-0.4, -0.2) is 29.6 Å². The summed E-state index contributed by atoms with van der Waals surface area (Å²) in [5.74, 6) is 0.827. The van der Waals surface area contributed by atoms with Gasteiger partial charge in [0, 0.05) is 11.9 Å². The molecule has 5 nitrogen and oxygen atoms in total. The summed E-state index contributed by atoms with van der Waals surface area (Å²) >= 11 is 1.60. The van der Waals surface area contributed by atoms with Crippen LogP contribution in [0.3, 0.4) is 0 Å². The number of aromatic nitrogens is 1. The van der Waals surface area contributed by atoms with Gasteiger partial charge in [-0.15, -0.1) is 11.3 Å². The number of nitrogens with one attached hydrogen (secondary N) is 1. The molecule has 0 spiro atoms. The average molecular weight is 331 g/mol. The number of thiazole rings is 1. The van der Waals surface area contributed by atoms with E-state index in [2.05, 4.69) is 16.4 Å². The van der Waals surface area contributed by atoms with Gasteiger partial charge in [-0.3, -0.25) is 0 Å². The fourth-order valence-corrected chi connectivity index (χ4v) is 3.57. The first-order chi connectivity index (χ1) is 11.2. The maximum atomic E-state index is 12.5. The molecule has 0 aliphatic carbocycles. The predicted octanol–water partition coefficient (Wildman–Crippen LogP) is 3.51. The molecule has 3 rings (SSSR count). The van der Waals surface area contributed by atoms with Crippen molar-refractivity contribution < 1.29 is 9.53 Å². The number of hydrogen-bond donors (Lipinski definition) is 1. The fourth-order valence-electron chi connectivity index (χ4n) is 2.96. The minimum atomic E-state index is -0.0269. The number of amides is 2. The van der Waals surface area contributed by atoms with E-state index >= 15 is 0 Å². The minimum absolute atomic E-state index is 0.0269. The van der Waals surface area contributed by atoms with Crippen molar-refractivity contribution >= 4 is 17.4 Å². The zero-order valence-corrected chi connectivity index (χ0v) is 14.2. The molecule has 2 heterocycles. The lowest BCUT2D eigenvalue weighted by Crippen LogP contribution is -2.39. The molecule has 1 aromatic carbocycles. The number of urea groups is 1. The van der Waals surface area contributed by atoms with E-state index in [1.54, 1.807) is 18.4 Å². The molecule has 1 fully saturated rings. The van der Waals surface area contributed by atoms with E-state index in [0.717, 1.165) is 41.4 Å². The lowest BCUT2D eigenvalue weighted by molar-refractivity contribution is 0.192. The van der Waals surface area contributed by atoms with Gasteiger partial charge >= 0.3 is 6.03 Å². The highest BCUT2D eigenvalue weighted by atomic mass is 32.1. The maximum absolute atomic E-state index is 12.5. The summed E-state index contributed by atoms with van der Waals surface area (Å²) in [7, 11) is 1.66. The SMILES string of the molecule is COc1cccc(C2CCCN2C(=O)NCc2csc(C)n2)c1. The van der Waals surface area contributed by atoms with Gasteiger partial charge in [0.05, 0.1) is 30.4 Å². The number of nitrogens with zero attached hydrogens (tertiary/aromatic N) is 2. The molecule has 0 saturated carbocycles. The van der Waals surface area contributed by atoms with Gasteiger partial charge in [0.25, 0.3) is 0 Å². The number of likely N-dealkylation sites (tertiary alicyclic amines) is 1. The third kappa shape index (κ3) is 3.64. The highest BCUT2D eigenvalue weighted by molar-refractivity contribution is 7.09. The van der Waals surface area contributed by atoms with Crippen molar-refractivity contribution in [3.8, 4) is 5.75 Å². The first-order valence-corrected chi connectivity index (χ1v) is 8.65. The van der Waals surface area contributed by atoms with Crippen molar-refractivity contribution in [3.05, 3.63) is 45.9 Å². The summed E-state index contributed by atoms with van der Waals surface area (Å²) in [6, 6.07) is 8.06. The van der Waals surface area contributed by atoms with E-state index in [-0.39, 0.29) is 12.1 Å². The predicted molar refractivity (Wildman–Crippen MR) is 90.8 cm³/mol. The van der Waals surface area contributed by atoms with Gasteiger partial charge in [-0.25, -0.2) is 9.78 Å². The first kappa shape index (κ1) is 15.8. The molecule has 1 aromatic heterocycles. The second kappa shape index (κ2) is 7.00. The molecule has 0 radical (unpaired) electrons. The molecule has 2 amide bonds. The average Bonchev–Trinajstić information content (AvgIpc) is 3.21. The zero-order chi connectivity index (χ0) is 16.2. The molecular weight excluding hydrogens is 310 g/mol. The number of rotatable bonds is 4. The lowest BCUT2D eigenvalue weighted by atomic mass is 10.0. The summed E-state index contributed by atoms with van der Waals surface area (Å²) in [5.41, 5.74) is 2.04. The van der Waals surface area contributed by atoms with Crippen LogP contribution in [0.25, 0.3) is 0 Å². The third-order valence-corrected chi connectivity index (χ3v) is 4.90. The minimum Gasteiger partial charge on any atom is -0.497 e. The van der Waals surface area contributed by atoms with Gasteiger partial charge < -0.3 is 15.0 Å². The third-order valence-electron chi connectivity index (χ3n) is 4.08. The molecule has 1 atom stereocenters. The van der Waals surface area contributed by atoms with Crippen molar-refractivity contribution in [2.45, 2.75) is 32.4 Å². The number of hydrogen-bond acceptors (Lipinski definition) is 4. The van der Waals surface area contributed by atoms with Crippen LogP contribution in [0.2, 0.25) is 0 Å². The molecule has 0 bridgehead atoms. The molecule has 1 aliphatic heterocycles. The van der Waals surface area contributed by atoms with Crippen LogP contribution in [0.5, 0.6) is 5.75 Å². The second-order valence-corrected chi connectivity index (χ2v) is 6.71. The van der Waals surface area contributed by atoms with E-state index in [1.165, 1.54) is 0 Å². The monoisotopic (exact) mass is 331 g/mol. The Morgan fingerprint density at radius 3 is 3.13 bits per heavy atom.